The Labute approximate surface area is 152 Å². The molecule has 0 atom stereocenters. The van der Waals surface area contributed by atoms with Gasteiger partial charge < -0.3 is 4.74 Å². The third-order valence-corrected chi connectivity index (χ3v) is 4.52. The third kappa shape index (κ3) is 3.86. The number of benzene rings is 2. The Morgan fingerprint density at radius 1 is 1.08 bits per heavy atom. The molecule has 4 nitrogen and oxygen atoms in total. The molecule has 1 aromatic heterocycles. The molecule has 0 aliphatic rings. The fourth-order valence-corrected chi connectivity index (χ4v) is 2.84. The molecule has 0 fully saturated rings. The minimum absolute atomic E-state index is 0.192. The number of hydrogen-bond acceptors (Lipinski definition) is 3. The molecule has 0 saturated heterocycles. The lowest BCUT2D eigenvalue weighted by Gasteiger charge is -2.11. The van der Waals surface area contributed by atoms with Crippen molar-refractivity contribution in [3.8, 4) is 5.88 Å². The van der Waals surface area contributed by atoms with E-state index in [1.807, 2.05) is 48.5 Å². The van der Waals surface area contributed by atoms with Crippen LogP contribution >= 0.6 is 27.5 Å². The van der Waals surface area contributed by atoms with Crippen molar-refractivity contribution in [1.82, 2.24) is 9.55 Å². The Balaban J connectivity index is 1.78. The predicted molar refractivity (Wildman–Crippen MR) is 97.5 cm³/mol. The van der Waals surface area contributed by atoms with E-state index in [4.69, 9.17) is 16.3 Å². The van der Waals surface area contributed by atoms with E-state index in [-0.39, 0.29) is 18.0 Å². The Bertz CT molecular complexity index is 897. The van der Waals surface area contributed by atoms with E-state index in [1.165, 1.54) is 10.9 Å². The molecular formula is C18H14BrClN2O2. The van der Waals surface area contributed by atoms with Crippen LogP contribution in [0.5, 0.6) is 5.88 Å². The van der Waals surface area contributed by atoms with Gasteiger partial charge in [0, 0.05) is 10.6 Å². The Kier molecular flexibility index (Phi) is 5.33. The van der Waals surface area contributed by atoms with E-state index >= 15 is 0 Å². The summed E-state index contributed by atoms with van der Waals surface area (Å²) in [7, 11) is 0. The van der Waals surface area contributed by atoms with E-state index in [1.54, 1.807) is 6.07 Å². The highest BCUT2D eigenvalue weighted by atomic mass is 79.9. The number of halogens is 2. The van der Waals surface area contributed by atoms with Gasteiger partial charge in [-0.2, -0.15) is 0 Å². The van der Waals surface area contributed by atoms with Gasteiger partial charge in [-0.05, 0) is 27.6 Å². The molecule has 0 aliphatic heterocycles. The standard InChI is InChI=1S/C18H14BrClN2O2/c19-16-17(24-11-14-8-4-5-9-15(14)20)21-12-22(18(16)23)10-13-6-2-1-3-7-13/h1-9,12H,10-11H2. The number of rotatable bonds is 5. The predicted octanol–water partition coefficient (Wildman–Crippen LogP) is 4.29. The van der Waals surface area contributed by atoms with Crippen molar-refractivity contribution < 1.29 is 4.74 Å². The summed E-state index contributed by atoms with van der Waals surface area (Å²) in [6, 6.07) is 17.1. The first kappa shape index (κ1) is 16.7. The highest BCUT2D eigenvalue weighted by Crippen LogP contribution is 2.21. The molecular weight excluding hydrogens is 392 g/mol. The van der Waals surface area contributed by atoms with E-state index in [2.05, 4.69) is 20.9 Å². The van der Waals surface area contributed by atoms with Crippen molar-refractivity contribution in [3.63, 3.8) is 0 Å². The molecule has 0 unspecified atom stereocenters. The first-order chi connectivity index (χ1) is 11.6. The monoisotopic (exact) mass is 404 g/mol. The zero-order valence-corrected chi connectivity index (χ0v) is 15.0. The number of nitrogens with zero attached hydrogens (tertiary/aromatic N) is 2. The van der Waals surface area contributed by atoms with E-state index in [0.717, 1.165) is 11.1 Å². The minimum Gasteiger partial charge on any atom is -0.472 e. The van der Waals surface area contributed by atoms with Crippen LogP contribution in [0.25, 0.3) is 0 Å². The smallest absolute Gasteiger partial charge is 0.271 e. The van der Waals surface area contributed by atoms with Crippen molar-refractivity contribution in [2.75, 3.05) is 0 Å². The average molecular weight is 406 g/mol. The quantitative estimate of drug-likeness (QED) is 0.636. The van der Waals surface area contributed by atoms with Crippen LogP contribution in [0.15, 0.2) is 70.2 Å². The van der Waals surface area contributed by atoms with Gasteiger partial charge in [-0.15, -0.1) is 0 Å². The molecule has 2 aromatic carbocycles. The van der Waals surface area contributed by atoms with Gasteiger partial charge in [-0.25, -0.2) is 4.98 Å². The van der Waals surface area contributed by atoms with Crippen LogP contribution in [0, 0.1) is 0 Å². The molecule has 3 aromatic rings. The third-order valence-electron chi connectivity index (χ3n) is 3.47. The zero-order chi connectivity index (χ0) is 16.9. The summed E-state index contributed by atoms with van der Waals surface area (Å²) in [6.07, 6.45) is 1.49. The summed E-state index contributed by atoms with van der Waals surface area (Å²) in [5, 5.41) is 0.617. The maximum absolute atomic E-state index is 12.4. The topological polar surface area (TPSA) is 44.1 Å². The molecule has 24 heavy (non-hydrogen) atoms. The lowest BCUT2D eigenvalue weighted by molar-refractivity contribution is 0.289. The molecule has 0 radical (unpaired) electrons. The first-order valence-electron chi connectivity index (χ1n) is 7.30. The van der Waals surface area contributed by atoms with Crippen molar-refractivity contribution in [2.45, 2.75) is 13.2 Å². The number of hydrogen-bond donors (Lipinski definition) is 0. The molecule has 6 heteroatoms. The van der Waals surface area contributed by atoms with Gasteiger partial charge in [-0.3, -0.25) is 9.36 Å². The number of ether oxygens (including phenoxy) is 1. The van der Waals surface area contributed by atoms with Crippen molar-refractivity contribution in [1.29, 1.82) is 0 Å². The summed E-state index contributed by atoms with van der Waals surface area (Å²) < 4.78 is 7.46. The van der Waals surface area contributed by atoms with Gasteiger partial charge in [-0.1, -0.05) is 60.1 Å². The van der Waals surface area contributed by atoms with Crippen LogP contribution in [0.2, 0.25) is 5.02 Å². The minimum atomic E-state index is -0.192. The lowest BCUT2D eigenvalue weighted by Crippen LogP contribution is -2.22. The Morgan fingerprint density at radius 3 is 2.54 bits per heavy atom. The summed E-state index contributed by atoms with van der Waals surface area (Å²) >= 11 is 9.38. The highest BCUT2D eigenvalue weighted by molar-refractivity contribution is 9.10. The maximum atomic E-state index is 12.4. The summed E-state index contributed by atoms with van der Waals surface area (Å²) in [5.41, 5.74) is 1.67. The molecule has 0 saturated carbocycles. The second-order valence-electron chi connectivity index (χ2n) is 5.16. The average Bonchev–Trinajstić information content (AvgIpc) is 2.60. The second-order valence-corrected chi connectivity index (χ2v) is 6.36. The van der Waals surface area contributed by atoms with Gasteiger partial charge in [0.05, 0.1) is 6.54 Å². The van der Waals surface area contributed by atoms with E-state index < -0.39 is 0 Å². The Morgan fingerprint density at radius 2 is 1.79 bits per heavy atom. The molecule has 0 spiro atoms. The fourth-order valence-electron chi connectivity index (χ4n) is 2.20. The van der Waals surface area contributed by atoms with Gasteiger partial charge in [0.15, 0.2) is 0 Å². The van der Waals surface area contributed by atoms with E-state index in [9.17, 15) is 4.79 Å². The summed E-state index contributed by atoms with van der Waals surface area (Å²) in [5.74, 6) is 0.254. The van der Waals surface area contributed by atoms with E-state index in [0.29, 0.717) is 16.0 Å². The normalized spacial score (nSPS) is 10.6. The van der Waals surface area contributed by atoms with Gasteiger partial charge in [0.25, 0.3) is 5.56 Å². The van der Waals surface area contributed by atoms with Crippen LogP contribution < -0.4 is 10.3 Å². The van der Waals surface area contributed by atoms with Crippen LogP contribution in [-0.2, 0) is 13.2 Å². The number of aromatic nitrogens is 2. The highest BCUT2D eigenvalue weighted by Gasteiger charge is 2.11. The molecule has 0 aliphatic carbocycles. The molecule has 122 valence electrons. The molecule has 3 rings (SSSR count). The zero-order valence-electron chi connectivity index (χ0n) is 12.7. The van der Waals surface area contributed by atoms with Gasteiger partial charge >= 0.3 is 0 Å². The van der Waals surface area contributed by atoms with Crippen LogP contribution in [0.4, 0.5) is 0 Å². The second kappa shape index (κ2) is 7.64. The van der Waals surface area contributed by atoms with Crippen molar-refractivity contribution in [2.24, 2.45) is 0 Å². The Hall–Kier alpha value is -2.11. The van der Waals surface area contributed by atoms with Gasteiger partial charge in [0.1, 0.15) is 17.4 Å². The summed E-state index contributed by atoms with van der Waals surface area (Å²) in [6.45, 7) is 0.698. The summed E-state index contributed by atoms with van der Waals surface area (Å²) in [4.78, 5) is 16.7. The fraction of sp³-hybridized carbons (Fsp3) is 0.111. The SMILES string of the molecule is O=c1c(Br)c(OCc2ccccc2Cl)ncn1Cc1ccccc1. The van der Waals surface area contributed by atoms with Crippen molar-refractivity contribution in [3.05, 3.63) is 91.9 Å². The molecule has 0 N–H and O–H groups in total. The van der Waals surface area contributed by atoms with Crippen LogP contribution in [-0.4, -0.2) is 9.55 Å². The maximum Gasteiger partial charge on any atom is 0.271 e. The largest absolute Gasteiger partial charge is 0.472 e. The molecule has 0 bridgehead atoms. The first-order valence-corrected chi connectivity index (χ1v) is 8.47. The van der Waals surface area contributed by atoms with Gasteiger partial charge in [0.2, 0.25) is 5.88 Å². The lowest BCUT2D eigenvalue weighted by atomic mass is 10.2. The van der Waals surface area contributed by atoms with Crippen LogP contribution in [0.1, 0.15) is 11.1 Å². The molecule has 0 amide bonds. The van der Waals surface area contributed by atoms with Crippen molar-refractivity contribution >= 4 is 27.5 Å². The van der Waals surface area contributed by atoms with Crippen LogP contribution in [0.3, 0.4) is 0 Å². The molecule has 1 heterocycles.